The van der Waals surface area contributed by atoms with Crippen LogP contribution >= 0.6 is 0 Å². The molecule has 1 amide bonds. The van der Waals surface area contributed by atoms with Gasteiger partial charge in [0.05, 0.1) is 19.4 Å². The predicted molar refractivity (Wildman–Crippen MR) is 81.1 cm³/mol. The summed E-state index contributed by atoms with van der Waals surface area (Å²) in [6.45, 7) is 4.49. The zero-order valence-corrected chi connectivity index (χ0v) is 12.7. The first-order valence-corrected chi connectivity index (χ1v) is 7.94. The second-order valence-corrected chi connectivity index (χ2v) is 5.96. The number of rotatable bonds is 3. The summed E-state index contributed by atoms with van der Waals surface area (Å²) in [5.74, 6) is 1.20. The number of carbonyl (C=O) groups excluding carboxylic acids is 1. The normalized spacial score (nSPS) is 20.2. The number of hydrogen-bond acceptors (Lipinski definition) is 4. The number of piperidine rings is 1. The topological polar surface area (TPSA) is 45.7 Å². The lowest BCUT2D eigenvalue weighted by molar-refractivity contribution is -0.136. The highest BCUT2D eigenvalue weighted by Crippen LogP contribution is 2.24. The van der Waals surface area contributed by atoms with Gasteiger partial charge in [-0.15, -0.1) is 0 Å². The molecule has 0 saturated carbocycles. The average Bonchev–Trinajstić information content (AvgIpc) is 2.57. The van der Waals surface area contributed by atoms with Crippen LogP contribution < -0.4 is 4.90 Å². The van der Waals surface area contributed by atoms with Gasteiger partial charge in [0, 0.05) is 32.6 Å². The van der Waals surface area contributed by atoms with Crippen LogP contribution in [-0.4, -0.2) is 55.2 Å². The zero-order chi connectivity index (χ0) is 15.4. The van der Waals surface area contributed by atoms with Gasteiger partial charge in [0.15, 0.2) is 0 Å². The Kier molecular flexibility index (Phi) is 4.87. The fourth-order valence-corrected chi connectivity index (χ4v) is 3.11. The molecule has 0 unspecified atom stereocenters. The summed E-state index contributed by atoms with van der Waals surface area (Å²) in [6, 6.07) is 3.16. The molecule has 3 rings (SSSR count). The molecule has 120 valence electrons. The molecule has 0 bridgehead atoms. The number of anilines is 1. The van der Waals surface area contributed by atoms with Gasteiger partial charge in [-0.25, -0.2) is 9.37 Å². The van der Waals surface area contributed by atoms with Crippen molar-refractivity contribution in [2.45, 2.75) is 19.3 Å². The Morgan fingerprint density at radius 3 is 2.59 bits per heavy atom. The summed E-state index contributed by atoms with van der Waals surface area (Å²) >= 11 is 0. The molecule has 0 spiro atoms. The van der Waals surface area contributed by atoms with Gasteiger partial charge in [-0.3, -0.25) is 4.79 Å². The van der Waals surface area contributed by atoms with Crippen LogP contribution in [0.2, 0.25) is 0 Å². The second-order valence-electron chi connectivity index (χ2n) is 5.96. The lowest BCUT2D eigenvalue weighted by Gasteiger charge is -2.34. The van der Waals surface area contributed by atoms with Crippen LogP contribution in [0.3, 0.4) is 0 Å². The van der Waals surface area contributed by atoms with Crippen molar-refractivity contribution in [3.8, 4) is 0 Å². The number of hydrogen-bond donors (Lipinski definition) is 0. The highest BCUT2D eigenvalue weighted by Gasteiger charge is 2.25. The van der Waals surface area contributed by atoms with E-state index in [9.17, 15) is 9.18 Å². The van der Waals surface area contributed by atoms with Crippen molar-refractivity contribution in [2.75, 3.05) is 44.3 Å². The quantitative estimate of drug-likeness (QED) is 0.852. The monoisotopic (exact) mass is 307 g/mol. The van der Waals surface area contributed by atoms with E-state index in [4.69, 9.17) is 4.74 Å². The molecule has 3 heterocycles. The maximum Gasteiger partial charge on any atom is 0.223 e. The first-order chi connectivity index (χ1) is 10.7. The number of carbonyl (C=O) groups is 1. The molecule has 2 fully saturated rings. The van der Waals surface area contributed by atoms with Crippen molar-refractivity contribution in [1.82, 2.24) is 9.88 Å². The molecule has 0 aliphatic carbocycles. The molecule has 0 N–H and O–H groups in total. The van der Waals surface area contributed by atoms with Gasteiger partial charge in [-0.05, 0) is 30.9 Å². The fourth-order valence-electron chi connectivity index (χ4n) is 3.11. The van der Waals surface area contributed by atoms with Crippen LogP contribution in [0.25, 0.3) is 0 Å². The van der Waals surface area contributed by atoms with Crippen LogP contribution in [-0.2, 0) is 9.53 Å². The van der Waals surface area contributed by atoms with Crippen LogP contribution in [0.15, 0.2) is 18.3 Å². The average molecular weight is 307 g/mol. The maximum atomic E-state index is 12.9. The Hall–Kier alpha value is -1.69. The summed E-state index contributed by atoms with van der Waals surface area (Å²) in [6.07, 6.45) is 3.85. The van der Waals surface area contributed by atoms with Crippen LogP contribution in [0, 0.1) is 11.7 Å². The van der Waals surface area contributed by atoms with Crippen molar-refractivity contribution in [3.05, 3.63) is 24.1 Å². The number of nitrogens with zero attached hydrogens (tertiary/aromatic N) is 3. The first-order valence-electron chi connectivity index (χ1n) is 7.94. The van der Waals surface area contributed by atoms with Crippen LogP contribution in [0.5, 0.6) is 0 Å². The van der Waals surface area contributed by atoms with E-state index in [2.05, 4.69) is 9.88 Å². The van der Waals surface area contributed by atoms with Gasteiger partial charge in [0.1, 0.15) is 11.6 Å². The number of amides is 1. The van der Waals surface area contributed by atoms with E-state index in [-0.39, 0.29) is 11.7 Å². The first kappa shape index (κ1) is 15.2. The Morgan fingerprint density at radius 2 is 1.95 bits per heavy atom. The SMILES string of the molecule is O=C(CC1CCN(c2ccc(F)cn2)CC1)N1CCOCC1. The number of ether oxygens (including phenoxy) is 1. The van der Waals surface area contributed by atoms with Gasteiger partial charge in [0.2, 0.25) is 5.91 Å². The minimum Gasteiger partial charge on any atom is -0.378 e. The van der Waals surface area contributed by atoms with Gasteiger partial charge in [-0.2, -0.15) is 0 Å². The largest absolute Gasteiger partial charge is 0.378 e. The molecule has 5 nitrogen and oxygen atoms in total. The summed E-state index contributed by atoms with van der Waals surface area (Å²) in [5.41, 5.74) is 0. The molecule has 1 aromatic rings. The van der Waals surface area contributed by atoms with E-state index in [1.807, 2.05) is 4.90 Å². The highest BCUT2D eigenvalue weighted by atomic mass is 19.1. The van der Waals surface area contributed by atoms with E-state index in [1.165, 1.54) is 12.3 Å². The second kappa shape index (κ2) is 7.05. The van der Waals surface area contributed by atoms with E-state index in [0.717, 1.165) is 44.8 Å². The Bertz CT molecular complexity index is 495. The van der Waals surface area contributed by atoms with Crippen LogP contribution in [0.4, 0.5) is 10.2 Å². The van der Waals surface area contributed by atoms with Crippen molar-refractivity contribution < 1.29 is 13.9 Å². The summed E-state index contributed by atoms with van der Waals surface area (Å²) in [7, 11) is 0. The summed E-state index contributed by atoms with van der Waals surface area (Å²) in [4.78, 5) is 20.5. The fraction of sp³-hybridized carbons (Fsp3) is 0.625. The number of pyridine rings is 1. The molecule has 6 heteroatoms. The molecule has 0 atom stereocenters. The molecule has 2 aliphatic heterocycles. The molecular formula is C16H22FN3O2. The minimum atomic E-state index is -0.310. The number of halogens is 1. The molecule has 2 aliphatic rings. The van der Waals surface area contributed by atoms with Crippen molar-refractivity contribution >= 4 is 11.7 Å². The van der Waals surface area contributed by atoms with Crippen molar-refractivity contribution in [1.29, 1.82) is 0 Å². The Labute approximate surface area is 130 Å². The minimum absolute atomic E-state index is 0.252. The number of aromatic nitrogens is 1. The lowest BCUT2D eigenvalue weighted by Crippen LogP contribution is -2.42. The molecule has 22 heavy (non-hydrogen) atoms. The molecule has 2 saturated heterocycles. The summed E-state index contributed by atoms with van der Waals surface area (Å²) in [5, 5.41) is 0. The van der Waals surface area contributed by atoms with Gasteiger partial charge < -0.3 is 14.5 Å². The van der Waals surface area contributed by atoms with E-state index in [0.29, 0.717) is 25.6 Å². The van der Waals surface area contributed by atoms with E-state index >= 15 is 0 Å². The smallest absolute Gasteiger partial charge is 0.223 e. The van der Waals surface area contributed by atoms with Gasteiger partial charge >= 0.3 is 0 Å². The van der Waals surface area contributed by atoms with E-state index in [1.54, 1.807) is 6.07 Å². The van der Waals surface area contributed by atoms with Crippen molar-refractivity contribution in [3.63, 3.8) is 0 Å². The lowest BCUT2D eigenvalue weighted by atomic mass is 9.93. The van der Waals surface area contributed by atoms with Gasteiger partial charge in [0.25, 0.3) is 0 Å². The van der Waals surface area contributed by atoms with Gasteiger partial charge in [-0.1, -0.05) is 0 Å². The molecular weight excluding hydrogens is 285 g/mol. The molecule has 1 aromatic heterocycles. The van der Waals surface area contributed by atoms with Crippen LogP contribution in [0.1, 0.15) is 19.3 Å². The third-order valence-electron chi connectivity index (χ3n) is 4.48. The third kappa shape index (κ3) is 3.74. The Balaban J connectivity index is 1.47. The predicted octanol–water partition coefficient (Wildman–Crippen LogP) is 1.69. The molecule has 0 radical (unpaired) electrons. The zero-order valence-electron chi connectivity index (χ0n) is 12.7. The Morgan fingerprint density at radius 1 is 1.23 bits per heavy atom. The highest BCUT2D eigenvalue weighted by molar-refractivity contribution is 5.76. The number of morpholine rings is 1. The molecule has 0 aromatic carbocycles. The summed E-state index contributed by atoms with van der Waals surface area (Å²) < 4.78 is 18.2. The third-order valence-corrected chi connectivity index (χ3v) is 4.48. The maximum absolute atomic E-state index is 12.9. The standard InChI is InChI=1S/C16H22FN3O2/c17-14-1-2-15(18-12-14)19-5-3-13(4-6-19)11-16(21)20-7-9-22-10-8-20/h1-2,12-13H,3-11H2. The van der Waals surface area contributed by atoms with E-state index < -0.39 is 0 Å². The van der Waals surface area contributed by atoms with Crippen molar-refractivity contribution in [2.24, 2.45) is 5.92 Å².